The van der Waals surface area contributed by atoms with Crippen molar-refractivity contribution in [3.8, 4) is 0 Å². The highest BCUT2D eigenvalue weighted by Crippen LogP contribution is 2.28. The van der Waals surface area contributed by atoms with Gasteiger partial charge in [-0.05, 0) is 13.0 Å². The zero-order chi connectivity index (χ0) is 10.9. The Morgan fingerprint density at radius 2 is 2.14 bits per heavy atom. The van der Waals surface area contributed by atoms with Crippen LogP contribution in [0.15, 0.2) is 11.0 Å². The molecule has 1 aromatic heterocycles. The molecule has 0 spiro atoms. The molecule has 0 fully saturated rings. The first-order valence-electron chi connectivity index (χ1n) is 3.49. The molecule has 0 N–H and O–H groups in total. The van der Waals surface area contributed by atoms with Gasteiger partial charge in [0.25, 0.3) is 9.05 Å². The molecule has 1 aromatic rings. The van der Waals surface area contributed by atoms with E-state index in [1.807, 2.05) is 0 Å². The van der Waals surface area contributed by atoms with Gasteiger partial charge in [-0.15, -0.1) is 11.3 Å². The van der Waals surface area contributed by atoms with Crippen molar-refractivity contribution in [2.24, 2.45) is 0 Å². The molecule has 0 aliphatic heterocycles. The second-order valence-electron chi connectivity index (χ2n) is 2.46. The molecular formula is C7H7ClO4S2. The third-order valence-corrected chi connectivity index (χ3v) is 4.13. The minimum absolute atomic E-state index is 0.0374. The summed E-state index contributed by atoms with van der Waals surface area (Å²) < 4.78 is 26.4. The van der Waals surface area contributed by atoms with Gasteiger partial charge in [-0.2, -0.15) is 0 Å². The minimum atomic E-state index is -3.78. The van der Waals surface area contributed by atoms with Gasteiger partial charge in [-0.1, -0.05) is 0 Å². The smallest absolute Gasteiger partial charge is 0.348 e. The highest BCUT2D eigenvalue weighted by molar-refractivity contribution is 8.13. The highest BCUT2D eigenvalue weighted by Gasteiger charge is 2.20. The molecule has 0 aliphatic rings. The SMILES string of the molecule is COC(=O)c1cc(S(=O)(=O)Cl)c(C)s1. The second-order valence-corrected chi connectivity index (χ2v) is 6.25. The maximum Gasteiger partial charge on any atom is 0.348 e. The number of hydrogen-bond donors (Lipinski definition) is 0. The fraction of sp³-hybridized carbons (Fsp3) is 0.286. The lowest BCUT2D eigenvalue weighted by molar-refractivity contribution is 0.0606. The Bertz CT molecular complexity index is 460. The van der Waals surface area contributed by atoms with Gasteiger partial charge in [-0.25, -0.2) is 13.2 Å². The van der Waals surface area contributed by atoms with Crippen LogP contribution < -0.4 is 0 Å². The average molecular weight is 255 g/mol. The third-order valence-electron chi connectivity index (χ3n) is 1.52. The van der Waals surface area contributed by atoms with Crippen molar-refractivity contribution in [3.05, 3.63) is 15.8 Å². The number of ether oxygens (including phenoxy) is 1. The van der Waals surface area contributed by atoms with Crippen LogP contribution in [0.1, 0.15) is 14.5 Å². The maximum absolute atomic E-state index is 11.1. The fourth-order valence-corrected chi connectivity index (χ4v) is 3.49. The number of aryl methyl sites for hydroxylation is 1. The van der Waals surface area contributed by atoms with E-state index in [2.05, 4.69) is 4.74 Å². The van der Waals surface area contributed by atoms with Crippen LogP contribution in [-0.4, -0.2) is 21.5 Å². The van der Waals surface area contributed by atoms with Gasteiger partial charge < -0.3 is 4.74 Å². The molecular weight excluding hydrogens is 248 g/mol. The predicted molar refractivity (Wildman–Crippen MR) is 53.4 cm³/mol. The lowest BCUT2D eigenvalue weighted by atomic mass is 10.4. The third kappa shape index (κ3) is 2.26. The number of methoxy groups -OCH3 is 1. The average Bonchev–Trinajstić information content (AvgIpc) is 2.45. The summed E-state index contributed by atoms with van der Waals surface area (Å²) in [6, 6.07) is 1.22. The van der Waals surface area contributed by atoms with Crippen molar-refractivity contribution >= 4 is 37.0 Å². The Kier molecular flexibility index (Phi) is 3.18. The van der Waals surface area contributed by atoms with Gasteiger partial charge in [0.1, 0.15) is 4.88 Å². The van der Waals surface area contributed by atoms with Crippen LogP contribution >= 0.6 is 22.0 Å². The van der Waals surface area contributed by atoms with Crippen LogP contribution in [0.2, 0.25) is 0 Å². The van der Waals surface area contributed by atoms with Crippen LogP contribution in [-0.2, 0) is 13.8 Å². The Morgan fingerprint density at radius 3 is 2.50 bits per heavy atom. The summed E-state index contributed by atoms with van der Waals surface area (Å²) in [5.74, 6) is -0.565. The molecule has 1 heterocycles. The predicted octanol–water partition coefficient (Wildman–Crippen LogP) is 1.77. The van der Waals surface area contributed by atoms with E-state index in [1.165, 1.54) is 13.2 Å². The zero-order valence-corrected chi connectivity index (χ0v) is 9.79. The van der Waals surface area contributed by atoms with Crippen LogP contribution in [0.25, 0.3) is 0 Å². The first-order chi connectivity index (χ1) is 6.36. The van der Waals surface area contributed by atoms with Crippen molar-refractivity contribution in [3.63, 3.8) is 0 Å². The molecule has 4 nitrogen and oxygen atoms in total. The van der Waals surface area contributed by atoms with Crippen LogP contribution in [0, 0.1) is 6.92 Å². The first kappa shape index (κ1) is 11.5. The monoisotopic (exact) mass is 254 g/mol. The topological polar surface area (TPSA) is 60.4 Å². The molecule has 0 saturated heterocycles. The lowest BCUT2D eigenvalue weighted by Gasteiger charge is -1.91. The summed E-state index contributed by atoms with van der Waals surface area (Å²) >= 11 is 1.04. The van der Waals surface area contributed by atoms with Crippen molar-refractivity contribution in [1.82, 2.24) is 0 Å². The Labute approximate surface area is 89.9 Å². The summed E-state index contributed by atoms with van der Waals surface area (Å²) in [5, 5.41) is 0. The summed E-state index contributed by atoms with van der Waals surface area (Å²) in [5.41, 5.74) is 0. The lowest BCUT2D eigenvalue weighted by Crippen LogP contribution is -1.97. The highest BCUT2D eigenvalue weighted by atomic mass is 35.7. The quantitative estimate of drug-likeness (QED) is 0.596. The van der Waals surface area contributed by atoms with Crippen LogP contribution in [0.3, 0.4) is 0 Å². The van der Waals surface area contributed by atoms with E-state index in [0.29, 0.717) is 4.88 Å². The number of carbonyl (C=O) groups is 1. The number of carbonyl (C=O) groups excluding carboxylic acids is 1. The number of rotatable bonds is 2. The molecule has 0 aliphatic carbocycles. The van der Waals surface area contributed by atoms with E-state index in [0.717, 1.165) is 11.3 Å². The van der Waals surface area contributed by atoms with Gasteiger partial charge in [0.05, 0.1) is 12.0 Å². The van der Waals surface area contributed by atoms with Gasteiger partial charge in [0, 0.05) is 15.6 Å². The summed E-state index contributed by atoms with van der Waals surface area (Å²) in [6.45, 7) is 1.58. The zero-order valence-electron chi connectivity index (χ0n) is 7.40. The van der Waals surface area contributed by atoms with Gasteiger partial charge in [0.2, 0.25) is 0 Å². The molecule has 0 aromatic carbocycles. The Hall–Kier alpha value is -0.590. The van der Waals surface area contributed by atoms with E-state index >= 15 is 0 Å². The summed E-state index contributed by atoms with van der Waals surface area (Å²) in [7, 11) is 2.60. The molecule has 0 unspecified atom stereocenters. The molecule has 0 atom stereocenters. The second kappa shape index (κ2) is 3.88. The molecule has 78 valence electrons. The van der Waals surface area contributed by atoms with Crippen molar-refractivity contribution in [1.29, 1.82) is 0 Å². The van der Waals surface area contributed by atoms with Crippen molar-refractivity contribution in [2.45, 2.75) is 11.8 Å². The molecule has 0 amide bonds. The largest absolute Gasteiger partial charge is 0.465 e. The normalized spacial score (nSPS) is 11.4. The van der Waals surface area contributed by atoms with E-state index in [4.69, 9.17) is 10.7 Å². The first-order valence-corrected chi connectivity index (χ1v) is 6.62. The van der Waals surface area contributed by atoms with Crippen molar-refractivity contribution < 1.29 is 17.9 Å². The van der Waals surface area contributed by atoms with Crippen LogP contribution in [0.5, 0.6) is 0 Å². The molecule has 0 bridgehead atoms. The van der Waals surface area contributed by atoms with Crippen LogP contribution in [0.4, 0.5) is 0 Å². The number of esters is 1. The molecule has 0 radical (unpaired) electrons. The fourth-order valence-electron chi connectivity index (χ4n) is 0.909. The number of thiophene rings is 1. The van der Waals surface area contributed by atoms with Gasteiger partial charge in [0.15, 0.2) is 0 Å². The standard InChI is InChI=1S/C7H7ClO4S2/c1-4-6(14(8,10)11)3-5(13-4)7(9)12-2/h3H,1-2H3. The molecule has 0 saturated carbocycles. The number of hydrogen-bond acceptors (Lipinski definition) is 5. The Morgan fingerprint density at radius 1 is 1.57 bits per heavy atom. The Balaban J connectivity index is 3.25. The molecule has 1 rings (SSSR count). The van der Waals surface area contributed by atoms with Gasteiger partial charge >= 0.3 is 5.97 Å². The summed E-state index contributed by atoms with van der Waals surface area (Å²) in [6.07, 6.45) is 0. The van der Waals surface area contributed by atoms with E-state index in [-0.39, 0.29) is 9.77 Å². The summed E-state index contributed by atoms with van der Waals surface area (Å²) in [4.78, 5) is 11.7. The van der Waals surface area contributed by atoms with Crippen molar-refractivity contribution in [2.75, 3.05) is 7.11 Å². The molecule has 14 heavy (non-hydrogen) atoms. The van der Waals surface area contributed by atoms with E-state index < -0.39 is 15.0 Å². The van der Waals surface area contributed by atoms with E-state index in [1.54, 1.807) is 6.92 Å². The van der Waals surface area contributed by atoms with Gasteiger partial charge in [-0.3, -0.25) is 0 Å². The molecule has 7 heteroatoms. The van der Waals surface area contributed by atoms with E-state index in [9.17, 15) is 13.2 Å². The minimum Gasteiger partial charge on any atom is -0.465 e. The number of halogens is 1. The maximum atomic E-state index is 11.1.